The summed E-state index contributed by atoms with van der Waals surface area (Å²) < 4.78 is 39.0. The van der Waals surface area contributed by atoms with E-state index < -0.39 is 15.2 Å². The summed E-state index contributed by atoms with van der Waals surface area (Å²) in [6.07, 6.45) is 15.1. The number of benzene rings is 2. The molecule has 2 aromatic carbocycles. The predicted octanol–water partition coefficient (Wildman–Crippen LogP) is 9.75. The van der Waals surface area contributed by atoms with Gasteiger partial charge in [0.1, 0.15) is 11.6 Å². The maximum atomic E-state index is 10.0. The molecule has 243 valence electrons. The molecule has 3 nitrogen and oxygen atoms in total. The van der Waals surface area contributed by atoms with E-state index in [-0.39, 0.29) is 57.7 Å². The molecule has 0 aromatic heterocycles. The Kier molecular flexibility index (Phi) is 40.9. The SMILES string of the molecule is C1=CCC/C=C\CC1.CC(=O)CC(C)=O.ClCCl.F[B-](F)(F)F.[CH3-].[CH3-].[NH-]CC[PH+](c1ccccc1)c1ccccc1.[Rh]. The van der Waals surface area contributed by atoms with E-state index in [1.807, 2.05) is 0 Å². The smallest absolute Gasteiger partial charge is 0.673 e. The van der Waals surface area contributed by atoms with Gasteiger partial charge in [-0.3, -0.25) is 9.59 Å². The van der Waals surface area contributed by atoms with Gasteiger partial charge < -0.3 is 37.8 Å². The molecule has 0 unspecified atom stereocenters. The van der Waals surface area contributed by atoms with Gasteiger partial charge in [-0.2, -0.15) is 0 Å². The minimum Gasteiger partial charge on any atom is -0.674 e. The average molecular weight is 742 g/mol. The van der Waals surface area contributed by atoms with Crippen molar-refractivity contribution in [2.24, 2.45) is 0 Å². The van der Waals surface area contributed by atoms with E-state index in [0.29, 0.717) is 6.54 Å². The summed E-state index contributed by atoms with van der Waals surface area (Å²) >= 11 is 9.53. The van der Waals surface area contributed by atoms with E-state index >= 15 is 0 Å². The van der Waals surface area contributed by atoms with Crippen molar-refractivity contribution in [1.29, 1.82) is 0 Å². The molecule has 42 heavy (non-hydrogen) atoms. The molecule has 3 rings (SSSR count). The first-order valence-electron chi connectivity index (χ1n) is 12.4. The normalized spacial score (nSPS) is 11.9. The number of rotatable bonds is 6. The van der Waals surface area contributed by atoms with Gasteiger partial charge in [0.25, 0.3) is 0 Å². The molecule has 0 aliphatic heterocycles. The van der Waals surface area contributed by atoms with E-state index in [1.165, 1.54) is 50.1 Å². The van der Waals surface area contributed by atoms with Gasteiger partial charge in [-0.1, -0.05) is 60.7 Å². The Labute approximate surface area is 275 Å². The molecule has 0 fully saturated rings. The third-order valence-corrected chi connectivity index (χ3v) is 7.26. The van der Waals surface area contributed by atoms with E-state index in [0.717, 1.165) is 6.16 Å². The zero-order chi connectivity index (χ0) is 29.9. The molecule has 0 spiro atoms. The second-order valence-electron chi connectivity index (χ2n) is 7.98. The van der Waals surface area contributed by atoms with Crippen LogP contribution in [-0.4, -0.2) is 36.9 Å². The van der Waals surface area contributed by atoms with Crippen LogP contribution >= 0.6 is 31.1 Å². The Hall–Kier alpha value is -1.36. The van der Waals surface area contributed by atoms with Crippen molar-refractivity contribution in [2.75, 3.05) is 18.0 Å². The Morgan fingerprint density at radius 1 is 0.738 bits per heavy atom. The Morgan fingerprint density at radius 3 is 1.19 bits per heavy atom. The maximum Gasteiger partial charge on any atom is 0.673 e. The molecule has 1 aliphatic rings. The number of Topliss-reactive ketones (excluding diaryl/α,β-unsaturated/α-hetero) is 2. The van der Waals surface area contributed by atoms with E-state index in [4.69, 9.17) is 28.9 Å². The molecule has 1 radical (unpaired) electrons. The number of carbonyl (C=O) groups is 2. The molecule has 0 atom stereocenters. The minimum atomic E-state index is -6.00. The molecular formula is C30H44BCl2F4NO2PRh-3. The summed E-state index contributed by atoms with van der Waals surface area (Å²) in [5.74, 6) is -0.125. The zero-order valence-corrected chi connectivity index (χ0v) is 28.9. The predicted molar refractivity (Wildman–Crippen MR) is 177 cm³/mol. The second-order valence-corrected chi connectivity index (χ2v) is 11.4. The van der Waals surface area contributed by atoms with Gasteiger partial charge in [0.15, 0.2) is 0 Å². The third kappa shape index (κ3) is 38.6. The largest absolute Gasteiger partial charge is 0.674 e. The van der Waals surface area contributed by atoms with Crippen LogP contribution in [0, 0.1) is 14.9 Å². The Morgan fingerprint density at radius 2 is 1.00 bits per heavy atom. The summed E-state index contributed by atoms with van der Waals surface area (Å²) in [5, 5.41) is 3.01. The number of nitrogens with one attached hydrogen (secondary N) is 1. The van der Waals surface area contributed by atoms with Crippen LogP contribution in [0.4, 0.5) is 17.3 Å². The van der Waals surface area contributed by atoms with Crippen molar-refractivity contribution in [2.45, 2.75) is 46.0 Å². The van der Waals surface area contributed by atoms with Gasteiger partial charge in [-0.25, -0.2) is 0 Å². The topological polar surface area (TPSA) is 57.9 Å². The van der Waals surface area contributed by atoms with Gasteiger partial charge >= 0.3 is 7.25 Å². The first kappa shape index (κ1) is 50.3. The average Bonchev–Trinajstić information content (AvgIpc) is 2.83. The first-order valence-corrected chi connectivity index (χ1v) is 15.1. The summed E-state index contributed by atoms with van der Waals surface area (Å²) in [6, 6.07) is 21.2. The van der Waals surface area contributed by atoms with Crippen LogP contribution in [0.1, 0.15) is 46.0 Å². The molecule has 2 aromatic rings. The molecule has 0 heterocycles. The van der Waals surface area contributed by atoms with Crippen molar-refractivity contribution in [1.82, 2.24) is 0 Å². The molecule has 1 N–H and O–H groups in total. The quantitative estimate of drug-likeness (QED) is 0.0563. The van der Waals surface area contributed by atoms with Crippen molar-refractivity contribution in [3.05, 3.63) is 106 Å². The summed E-state index contributed by atoms with van der Waals surface area (Å²) in [7, 11) is -6.74. The molecule has 0 amide bonds. The number of halogens is 6. The number of alkyl halides is 2. The fourth-order valence-corrected chi connectivity index (χ4v) is 5.42. The number of ketones is 2. The van der Waals surface area contributed by atoms with Crippen LogP contribution in [0.3, 0.4) is 0 Å². The molecule has 0 bridgehead atoms. The Bertz CT molecular complexity index is 858. The molecule has 0 saturated heterocycles. The standard InChI is InChI=1S/C14H15NP.C8H12.C5H8O2.CH2Cl2.2CH3.BF4.Rh/c15-11-12-16(13-7-3-1-4-8-13)14-9-5-2-6-10-14;1-2-4-6-8-7-5-3-1;1-4(6)3-5(2)7;2-1-3;;;2-1(3,4)5;/h1-10,15H,11-12H2;1-2,7-8H,3-6H2;3H2,1-2H3;1H2;2*1H3;;/q-1;;;;3*-1;/p+1/b;2-1-,8-7?;;;;;;. The van der Waals surface area contributed by atoms with Crippen molar-refractivity contribution < 1.29 is 46.3 Å². The summed E-state index contributed by atoms with van der Waals surface area (Å²) in [5.41, 5.74) is 7.46. The minimum absolute atomic E-state index is 0. The van der Waals surface area contributed by atoms with Crippen molar-refractivity contribution in [3.8, 4) is 0 Å². The van der Waals surface area contributed by atoms with Gasteiger partial charge in [-0.15, -0.1) is 29.7 Å². The second kappa shape index (κ2) is 34.1. The van der Waals surface area contributed by atoms with Crippen LogP contribution in [0.2, 0.25) is 0 Å². The molecule has 1 aliphatic carbocycles. The zero-order valence-electron chi connectivity index (χ0n) is 24.7. The van der Waals surface area contributed by atoms with Gasteiger partial charge in [-0.05, 0) is 63.8 Å². The maximum absolute atomic E-state index is 10.0. The molecular weight excluding hydrogens is 698 g/mol. The van der Waals surface area contributed by atoms with E-state index in [2.05, 4.69) is 85.0 Å². The van der Waals surface area contributed by atoms with Gasteiger partial charge in [0.2, 0.25) is 0 Å². The summed E-state index contributed by atoms with van der Waals surface area (Å²) in [6.45, 7) is 3.32. The summed E-state index contributed by atoms with van der Waals surface area (Å²) in [4.78, 5) is 20.1. The fraction of sp³-hybridized carbons (Fsp3) is 0.333. The fourth-order valence-electron chi connectivity index (χ4n) is 3.07. The number of allylic oxidation sites excluding steroid dienone is 4. The molecule has 12 heteroatoms. The van der Waals surface area contributed by atoms with Gasteiger partial charge in [0, 0.05) is 25.6 Å². The van der Waals surface area contributed by atoms with Crippen molar-refractivity contribution in [3.63, 3.8) is 0 Å². The van der Waals surface area contributed by atoms with Crippen molar-refractivity contribution >= 4 is 60.6 Å². The van der Waals surface area contributed by atoms with Crippen LogP contribution in [0.15, 0.2) is 85.0 Å². The monoisotopic (exact) mass is 741 g/mol. The van der Waals surface area contributed by atoms with Crippen LogP contribution < -0.4 is 10.6 Å². The van der Waals surface area contributed by atoms with Crippen LogP contribution in [-0.2, 0) is 29.1 Å². The number of hydrogen-bond acceptors (Lipinski definition) is 2. The number of carbonyl (C=O) groups excluding carboxylic acids is 2. The van der Waals surface area contributed by atoms with Crippen LogP contribution in [0.25, 0.3) is 5.73 Å². The van der Waals surface area contributed by atoms with Crippen LogP contribution in [0.5, 0.6) is 0 Å². The molecule has 0 saturated carbocycles. The third-order valence-electron chi connectivity index (χ3n) is 4.45. The van der Waals surface area contributed by atoms with Gasteiger partial charge in [0.05, 0.1) is 30.3 Å². The van der Waals surface area contributed by atoms with E-state index in [1.54, 1.807) is 0 Å². The Balaban J connectivity index is -0.000000150. The van der Waals surface area contributed by atoms with E-state index in [9.17, 15) is 26.9 Å². The first-order chi connectivity index (χ1) is 18.5. The number of hydrogen-bond donors (Lipinski definition) is 0.